The van der Waals surface area contributed by atoms with E-state index in [0.29, 0.717) is 0 Å². The number of fused-ring (bicyclic) bond motifs is 2. The highest BCUT2D eigenvalue weighted by Crippen LogP contribution is 2.31. The molecule has 5 heteroatoms. The molecule has 4 rings (SSSR count). The molecule has 0 aliphatic rings. The fraction of sp³-hybridized carbons (Fsp3) is 0.158. The maximum atomic E-state index is 4.72. The zero-order valence-corrected chi connectivity index (χ0v) is 15.4. The van der Waals surface area contributed by atoms with Gasteiger partial charge in [0.05, 0.1) is 25.4 Å². The number of rotatable bonds is 3. The summed E-state index contributed by atoms with van der Waals surface area (Å²) in [5.74, 6) is 0. The lowest BCUT2D eigenvalue weighted by atomic mass is 10.2. The summed E-state index contributed by atoms with van der Waals surface area (Å²) >= 11 is 3.46. The largest absolute Gasteiger partial charge is 0.378 e. The zero-order chi connectivity index (χ0) is 16.7. The van der Waals surface area contributed by atoms with E-state index >= 15 is 0 Å². The third kappa shape index (κ3) is 2.92. The highest BCUT2D eigenvalue weighted by molar-refractivity contribution is 7.21. The molecule has 2 heterocycles. The van der Waals surface area contributed by atoms with Crippen molar-refractivity contribution < 1.29 is 0 Å². The molecule has 0 saturated heterocycles. The first-order valence-electron chi connectivity index (χ1n) is 7.72. The van der Waals surface area contributed by atoms with Crippen molar-refractivity contribution >= 4 is 60.9 Å². The van der Waals surface area contributed by atoms with E-state index in [2.05, 4.69) is 58.4 Å². The molecular weight excluding hydrogens is 334 g/mol. The molecule has 3 nitrogen and oxygen atoms in total. The SMILES string of the molecule is Cc1nc2cc3nc(/C=C/c4ccc(N(C)C)cc4)sc3cc2s1. The Kier molecular flexibility index (Phi) is 3.82. The summed E-state index contributed by atoms with van der Waals surface area (Å²) in [6.07, 6.45) is 4.20. The van der Waals surface area contributed by atoms with Gasteiger partial charge < -0.3 is 4.90 Å². The molecule has 4 aromatic rings. The molecule has 24 heavy (non-hydrogen) atoms. The van der Waals surface area contributed by atoms with Crippen LogP contribution in [0.15, 0.2) is 36.4 Å². The number of benzene rings is 2. The Morgan fingerprint density at radius 1 is 0.875 bits per heavy atom. The standard InChI is InChI=1S/C19H17N3S2/c1-12-20-15-10-16-18(11-17(15)23-12)24-19(21-16)9-6-13-4-7-14(8-5-13)22(2)3/h4-11H,1-3H3/b9-6+. The first kappa shape index (κ1) is 15.3. The minimum Gasteiger partial charge on any atom is -0.378 e. The molecule has 0 aliphatic carbocycles. The molecule has 0 atom stereocenters. The molecule has 120 valence electrons. The van der Waals surface area contributed by atoms with Crippen LogP contribution in [0.3, 0.4) is 0 Å². The Bertz CT molecular complexity index is 989. The normalized spacial score (nSPS) is 11.8. The fourth-order valence-corrected chi connectivity index (χ4v) is 4.42. The highest BCUT2D eigenvalue weighted by atomic mass is 32.1. The van der Waals surface area contributed by atoms with Crippen LogP contribution in [0.5, 0.6) is 0 Å². The number of anilines is 1. The van der Waals surface area contributed by atoms with E-state index < -0.39 is 0 Å². The Morgan fingerprint density at radius 2 is 1.58 bits per heavy atom. The molecular formula is C19H17N3S2. The number of aromatic nitrogens is 2. The molecule has 0 radical (unpaired) electrons. The van der Waals surface area contributed by atoms with Crippen LogP contribution in [-0.2, 0) is 0 Å². The highest BCUT2D eigenvalue weighted by Gasteiger charge is 2.07. The molecule has 0 saturated carbocycles. The van der Waals surface area contributed by atoms with Gasteiger partial charge in [0.1, 0.15) is 5.01 Å². The van der Waals surface area contributed by atoms with Crippen molar-refractivity contribution in [2.24, 2.45) is 0 Å². The molecule has 0 unspecified atom stereocenters. The van der Waals surface area contributed by atoms with Crippen molar-refractivity contribution in [2.45, 2.75) is 6.92 Å². The maximum Gasteiger partial charge on any atom is 0.117 e. The first-order chi connectivity index (χ1) is 11.6. The van der Waals surface area contributed by atoms with Gasteiger partial charge in [-0.05, 0) is 42.8 Å². The van der Waals surface area contributed by atoms with Gasteiger partial charge in [-0.1, -0.05) is 18.2 Å². The molecule has 2 aromatic carbocycles. The van der Waals surface area contributed by atoms with Gasteiger partial charge in [0.25, 0.3) is 0 Å². The zero-order valence-electron chi connectivity index (χ0n) is 13.8. The van der Waals surface area contributed by atoms with E-state index in [1.54, 1.807) is 22.7 Å². The van der Waals surface area contributed by atoms with Gasteiger partial charge in [-0.25, -0.2) is 9.97 Å². The van der Waals surface area contributed by atoms with E-state index in [9.17, 15) is 0 Å². The van der Waals surface area contributed by atoms with Crippen molar-refractivity contribution in [2.75, 3.05) is 19.0 Å². The van der Waals surface area contributed by atoms with Crippen LogP contribution in [0.1, 0.15) is 15.6 Å². The fourth-order valence-electron chi connectivity index (χ4n) is 2.61. The van der Waals surface area contributed by atoms with Gasteiger partial charge in [0.15, 0.2) is 0 Å². The van der Waals surface area contributed by atoms with E-state index in [1.165, 1.54) is 20.7 Å². The van der Waals surface area contributed by atoms with Crippen LogP contribution in [0.2, 0.25) is 0 Å². The Hall–Kier alpha value is -2.24. The lowest BCUT2D eigenvalue weighted by Crippen LogP contribution is -2.07. The van der Waals surface area contributed by atoms with Crippen LogP contribution in [-0.4, -0.2) is 24.1 Å². The predicted molar refractivity (Wildman–Crippen MR) is 107 cm³/mol. The van der Waals surface area contributed by atoms with Crippen molar-refractivity contribution in [3.63, 3.8) is 0 Å². The lowest BCUT2D eigenvalue weighted by molar-refractivity contribution is 1.13. The Morgan fingerprint density at radius 3 is 2.33 bits per heavy atom. The van der Waals surface area contributed by atoms with Crippen LogP contribution in [0.4, 0.5) is 5.69 Å². The second kappa shape index (κ2) is 6.00. The van der Waals surface area contributed by atoms with E-state index in [0.717, 1.165) is 21.0 Å². The summed E-state index contributed by atoms with van der Waals surface area (Å²) in [4.78, 5) is 11.4. The van der Waals surface area contributed by atoms with Crippen LogP contribution < -0.4 is 4.90 Å². The number of hydrogen-bond acceptors (Lipinski definition) is 5. The van der Waals surface area contributed by atoms with Crippen LogP contribution >= 0.6 is 22.7 Å². The minimum atomic E-state index is 1.02. The van der Waals surface area contributed by atoms with Gasteiger partial charge in [-0.15, -0.1) is 22.7 Å². The van der Waals surface area contributed by atoms with Crippen LogP contribution in [0.25, 0.3) is 32.6 Å². The van der Waals surface area contributed by atoms with Gasteiger partial charge in [0, 0.05) is 19.8 Å². The summed E-state index contributed by atoms with van der Waals surface area (Å²) in [5.41, 5.74) is 4.46. The molecule has 0 spiro atoms. The average molecular weight is 352 g/mol. The van der Waals surface area contributed by atoms with E-state index in [4.69, 9.17) is 4.98 Å². The summed E-state index contributed by atoms with van der Waals surface area (Å²) in [5, 5.41) is 2.13. The van der Waals surface area contributed by atoms with Gasteiger partial charge in [-0.3, -0.25) is 0 Å². The summed E-state index contributed by atoms with van der Waals surface area (Å²) in [6, 6.07) is 12.8. The Labute approximate surface area is 148 Å². The monoisotopic (exact) mass is 351 g/mol. The van der Waals surface area contributed by atoms with Crippen molar-refractivity contribution in [1.82, 2.24) is 9.97 Å². The second-order valence-corrected chi connectivity index (χ2v) is 8.19. The second-order valence-electron chi connectivity index (χ2n) is 5.89. The van der Waals surface area contributed by atoms with E-state index in [1.807, 2.05) is 21.0 Å². The average Bonchev–Trinajstić information content (AvgIpc) is 3.11. The molecule has 0 aliphatic heterocycles. The van der Waals surface area contributed by atoms with Gasteiger partial charge in [0.2, 0.25) is 0 Å². The Balaban J connectivity index is 1.63. The van der Waals surface area contributed by atoms with Gasteiger partial charge >= 0.3 is 0 Å². The smallest absolute Gasteiger partial charge is 0.117 e. The molecule has 0 fully saturated rings. The predicted octanol–water partition coefficient (Wildman–Crippen LogP) is 5.45. The molecule has 0 bridgehead atoms. The number of thiazole rings is 2. The maximum absolute atomic E-state index is 4.72. The number of aryl methyl sites for hydroxylation is 1. The number of nitrogens with zero attached hydrogens (tertiary/aromatic N) is 3. The lowest BCUT2D eigenvalue weighted by Gasteiger charge is -2.11. The minimum absolute atomic E-state index is 1.02. The number of hydrogen-bond donors (Lipinski definition) is 0. The molecule has 0 amide bonds. The third-order valence-electron chi connectivity index (χ3n) is 3.85. The van der Waals surface area contributed by atoms with E-state index in [-0.39, 0.29) is 0 Å². The van der Waals surface area contributed by atoms with Crippen LogP contribution in [0, 0.1) is 6.92 Å². The molecule has 0 N–H and O–H groups in total. The van der Waals surface area contributed by atoms with Gasteiger partial charge in [-0.2, -0.15) is 0 Å². The van der Waals surface area contributed by atoms with Crippen molar-refractivity contribution in [3.8, 4) is 0 Å². The first-order valence-corrected chi connectivity index (χ1v) is 9.35. The summed E-state index contributed by atoms with van der Waals surface area (Å²) in [6.45, 7) is 2.04. The van der Waals surface area contributed by atoms with Crippen molar-refractivity contribution in [1.29, 1.82) is 0 Å². The third-order valence-corrected chi connectivity index (χ3v) is 5.77. The topological polar surface area (TPSA) is 29.0 Å². The summed E-state index contributed by atoms with van der Waals surface area (Å²) < 4.78 is 2.45. The van der Waals surface area contributed by atoms with Crippen molar-refractivity contribution in [3.05, 3.63) is 52.0 Å². The quantitative estimate of drug-likeness (QED) is 0.491. The molecule has 2 aromatic heterocycles. The summed E-state index contributed by atoms with van der Waals surface area (Å²) in [7, 11) is 4.10.